The van der Waals surface area contributed by atoms with Crippen LogP contribution in [-0.2, 0) is 16.0 Å². The second kappa shape index (κ2) is 5.95. The molecule has 0 unspecified atom stereocenters. The van der Waals surface area contributed by atoms with Crippen molar-refractivity contribution in [2.24, 2.45) is 0 Å². The number of carbonyl (C=O) groups excluding carboxylic acids is 1. The number of carbonyl (C=O) groups is 1. The number of morpholine rings is 1. The molecule has 1 aliphatic heterocycles. The molecule has 7 heteroatoms. The van der Waals surface area contributed by atoms with Crippen molar-refractivity contribution < 1.29 is 9.53 Å². The molecule has 0 aliphatic carbocycles. The van der Waals surface area contributed by atoms with Crippen LogP contribution in [0.1, 0.15) is 27.3 Å². The maximum absolute atomic E-state index is 12.6. The number of hydrogen-bond donors (Lipinski definition) is 1. The average Bonchev–Trinajstić information content (AvgIpc) is 3.09. The van der Waals surface area contributed by atoms with Crippen LogP contribution in [-0.4, -0.2) is 45.7 Å². The lowest BCUT2D eigenvalue weighted by Crippen LogP contribution is -2.44. The Hall–Kier alpha value is -1.73. The summed E-state index contributed by atoms with van der Waals surface area (Å²) in [5, 5.41) is 7.91. The minimum Gasteiger partial charge on any atom is -0.377 e. The molecule has 2 aromatic heterocycles. The quantitative estimate of drug-likeness (QED) is 0.935. The molecule has 3 heterocycles. The van der Waals surface area contributed by atoms with Gasteiger partial charge in [-0.1, -0.05) is 0 Å². The molecule has 0 spiro atoms. The fraction of sp³-hybridized carbons (Fsp3) is 0.500. The van der Waals surface area contributed by atoms with E-state index in [9.17, 15) is 4.79 Å². The highest BCUT2D eigenvalue weighted by molar-refractivity contribution is 7.11. The van der Waals surface area contributed by atoms with E-state index in [1.807, 2.05) is 24.8 Å². The van der Waals surface area contributed by atoms with Crippen LogP contribution >= 0.6 is 11.3 Å². The number of aromatic nitrogens is 3. The number of nitrogens with one attached hydrogen (secondary N) is 1. The molecule has 21 heavy (non-hydrogen) atoms. The maximum Gasteiger partial charge on any atom is 0.228 e. The van der Waals surface area contributed by atoms with Gasteiger partial charge in [0.2, 0.25) is 5.91 Å². The molecule has 0 saturated carbocycles. The van der Waals surface area contributed by atoms with Crippen molar-refractivity contribution in [1.82, 2.24) is 20.1 Å². The summed E-state index contributed by atoms with van der Waals surface area (Å²) in [4.78, 5) is 20.0. The SMILES string of the molecule is Cc1nc(C)c(CC(=O)N2CCOC[C@@H]2c2ccn[nH]2)s1. The summed E-state index contributed by atoms with van der Waals surface area (Å²) in [5.74, 6) is 0.115. The first-order chi connectivity index (χ1) is 10.1. The lowest BCUT2D eigenvalue weighted by atomic mass is 10.1. The summed E-state index contributed by atoms with van der Waals surface area (Å²) in [7, 11) is 0. The van der Waals surface area contributed by atoms with Crippen molar-refractivity contribution >= 4 is 17.2 Å². The van der Waals surface area contributed by atoms with Crippen LogP contribution in [0.5, 0.6) is 0 Å². The van der Waals surface area contributed by atoms with Gasteiger partial charge in [0, 0.05) is 17.6 Å². The van der Waals surface area contributed by atoms with Crippen LogP contribution in [0, 0.1) is 13.8 Å². The van der Waals surface area contributed by atoms with Crippen molar-refractivity contribution in [2.45, 2.75) is 26.3 Å². The van der Waals surface area contributed by atoms with Crippen LogP contribution < -0.4 is 0 Å². The molecule has 1 aliphatic rings. The van der Waals surface area contributed by atoms with Crippen molar-refractivity contribution in [3.05, 3.63) is 33.5 Å². The zero-order valence-corrected chi connectivity index (χ0v) is 12.9. The predicted molar refractivity (Wildman–Crippen MR) is 79.2 cm³/mol. The topological polar surface area (TPSA) is 71.1 Å². The number of ether oxygens (including phenoxy) is 1. The molecule has 1 fully saturated rings. The molecule has 1 atom stereocenters. The zero-order valence-electron chi connectivity index (χ0n) is 12.1. The summed E-state index contributed by atoms with van der Waals surface area (Å²) >= 11 is 1.60. The van der Waals surface area contributed by atoms with Crippen molar-refractivity contribution in [2.75, 3.05) is 19.8 Å². The van der Waals surface area contributed by atoms with Gasteiger partial charge in [-0.2, -0.15) is 5.10 Å². The minimum absolute atomic E-state index is 0.0805. The van der Waals surface area contributed by atoms with E-state index in [-0.39, 0.29) is 11.9 Å². The Morgan fingerprint density at radius 1 is 1.57 bits per heavy atom. The predicted octanol–water partition coefficient (Wildman–Crippen LogP) is 1.63. The number of nitrogens with zero attached hydrogens (tertiary/aromatic N) is 3. The third-order valence-electron chi connectivity index (χ3n) is 3.64. The smallest absolute Gasteiger partial charge is 0.228 e. The fourth-order valence-electron chi connectivity index (χ4n) is 2.59. The molecule has 0 radical (unpaired) electrons. The minimum atomic E-state index is -0.0805. The van der Waals surface area contributed by atoms with Crippen LogP contribution in [0.25, 0.3) is 0 Å². The maximum atomic E-state index is 12.6. The Morgan fingerprint density at radius 3 is 3.10 bits per heavy atom. The van der Waals surface area contributed by atoms with Crippen LogP contribution in [0.15, 0.2) is 12.3 Å². The van der Waals surface area contributed by atoms with E-state index in [4.69, 9.17) is 4.74 Å². The third-order valence-corrected chi connectivity index (χ3v) is 4.71. The molecule has 1 N–H and O–H groups in total. The van der Waals surface area contributed by atoms with Crippen LogP contribution in [0.2, 0.25) is 0 Å². The first-order valence-corrected chi connectivity index (χ1v) is 7.76. The summed E-state index contributed by atoms with van der Waals surface area (Å²) < 4.78 is 5.51. The number of aromatic amines is 1. The number of hydrogen-bond acceptors (Lipinski definition) is 5. The Bertz CT molecular complexity index is 623. The fourth-order valence-corrected chi connectivity index (χ4v) is 3.52. The largest absolute Gasteiger partial charge is 0.377 e. The lowest BCUT2D eigenvalue weighted by Gasteiger charge is -2.35. The molecular weight excluding hydrogens is 288 g/mol. The van der Waals surface area contributed by atoms with Crippen LogP contribution in [0.3, 0.4) is 0 Å². The summed E-state index contributed by atoms with van der Waals surface area (Å²) in [6, 6.07) is 1.81. The van der Waals surface area contributed by atoms with Gasteiger partial charge in [0.25, 0.3) is 0 Å². The van der Waals surface area contributed by atoms with E-state index < -0.39 is 0 Å². The molecule has 6 nitrogen and oxygen atoms in total. The Balaban J connectivity index is 1.77. The van der Waals surface area contributed by atoms with E-state index >= 15 is 0 Å². The molecule has 112 valence electrons. The molecule has 0 bridgehead atoms. The van der Waals surface area contributed by atoms with Crippen LogP contribution in [0.4, 0.5) is 0 Å². The summed E-state index contributed by atoms with van der Waals surface area (Å²) in [5.41, 5.74) is 1.87. The first-order valence-electron chi connectivity index (χ1n) is 6.94. The zero-order chi connectivity index (χ0) is 14.8. The van der Waals surface area contributed by atoms with Gasteiger partial charge in [0.1, 0.15) is 0 Å². The van der Waals surface area contributed by atoms with E-state index in [1.54, 1.807) is 17.5 Å². The van der Waals surface area contributed by atoms with Gasteiger partial charge in [-0.3, -0.25) is 9.89 Å². The molecule has 1 amide bonds. The number of aryl methyl sites for hydroxylation is 2. The van der Waals surface area contributed by atoms with E-state index in [2.05, 4.69) is 15.2 Å². The van der Waals surface area contributed by atoms with E-state index in [1.165, 1.54) is 0 Å². The third kappa shape index (κ3) is 2.98. The monoisotopic (exact) mass is 306 g/mol. The molecule has 3 rings (SSSR count). The molecule has 0 aromatic carbocycles. The highest BCUT2D eigenvalue weighted by atomic mass is 32.1. The lowest BCUT2D eigenvalue weighted by molar-refractivity contribution is -0.139. The Morgan fingerprint density at radius 2 is 2.43 bits per heavy atom. The summed E-state index contributed by atoms with van der Waals surface area (Å²) in [6.45, 7) is 5.62. The van der Waals surface area contributed by atoms with Gasteiger partial charge < -0.3 is 9.64 Å². The van der Waals surface area contributed by atoms with Gasteiger partial charge in [0.05, 0.1) is 42.1 Å². The van der Waals surface area contributed by atoms with Crippen molar-refractivity contribution in [1.29, 1.82) is 0 Å². The van der Waals surface area contributed by atoms with Gasteiger partial charge in [-0.15, -0.1) is 11.3 Å². The average molecular weight is 306 g/mol. The second-order valence-electron chi connectivity index (χ2n) is 5.11. The number of rotatable bonds is 3. The second-order valence-corrected chi connectivity index (χ2v) is 6.40. The van der Waals surface area contributed by atoms with E-state index in [0.29, 0.717) is 26.2 Å². The first kappa shape index (κ1) is 14.2. The van der Waals surface area contributed by atoms with Gasteiger partial charge in [-0.05, 0) is 19.9 Å². The van der Waals surface area contributed by atoms with Gasteiger partial charge in [-0.25, -0.2) is 4.98 Å². The van der Waals surface area contributed by atoms with Gasteiger partial charge >= 0.3 is 0 Å². The number of amides is 1. The number of H-pyrrole nitrogens is 1. The summed E-state index contributed by atoms with van der Waals surface area (Å²) in [6.07, 6.45) is 2.10. The van der Waals surface area contributed by atoms with Crippen molar-refractivity contribution in [3.63, 3.8) is 0 Å². The molecule has 2 aromatic rings. The molecule has 1 saturated heterocycles. The van der Waals surface area contributed by atoms with Gasteiger partial charge in [0.15, 0.2) is 0 Å². The highest BCUT2D eigenvalue weighted by Gasteiger charge is 2.30. The standard InChI is InChI=1S/C14H18N4O2S/c1-9-13(21-10(2)16-9)7-14(19)18-5-6-20-8-12(18)11-3-4-15-17-11/h3-4,12H,5-8H2,1-2H3,(H,15,17)/t12-/m1/s1. The molecular formula is C14H18N4O2S. The normalized spacial score (nSPS) is 19.0. The van der Waals surface area contributed by atoms with E-state index in [0.717, 1.165) is 21.3 Å². The highest BCUT2D eigenvalue weighted by Crippen LogP contribution is 2.25. The Labute approximate surface area is 127 Å². The number of thiazole rings is 1. The van der Waals surface area contributed by atoms with Crippen molar-refractivity contribution in [3.8, 4) is 0 Å². The Kier molecular flexibility index (Phi) is 4.03.